The molecule has 0 amide bonds. The van der Waals surface area contributed by atoms with E-state index < -0.39 is 6.10 Å². The molecule has 1 saturated carbocycles. The first-order valence-electron chi connectivity index (χ1n) is 8.74. The van der Waals surface area contributed by atoms with Gasteiger partial charge in [-0.25, -0.2) is 4.98 Å². The molecule has 1 atom stereocenters. The molecule has 0 aliphatic heterocycles. The minimum Gasteiger partial charge on any atom is -0.493 e. The quantitative estimate of drug-likeness (QED) is 0.603. The van der Waals surface area contributed by atoms with E-state index in [1.165, 1.54) is 0 Å². The molecule has 4 rings (SSSR count). The van der Waals surface area contributed by atoms with Crippen molar-refractivity contribution in [2.24, 2.45) is 5.92 Å². The SMILES string of the molecule is COc1cc(Cc2cnc(N)nc2N)c2cc(C(O)C3CC3)oc2c1OC. The number of anilines is 2. The van der Waals surface area contributed by atoms with Crippen LogP contribution in [0.15, 0.2) is 22.7 Å². The van der Waals surface area contributed by atoms with Crippen molar-refractivity contribution in [3.05, 3.63) is 35.2 Å². The highest BCUT2D eigenvalue weighted by Gasteiger charge is 2.33. The summed E-state index contributed by atoms with van der Waals surface area (Å²) >= 11 is 0. The standard InChI is InChI=1S/C19H22N4O4/c1-25-14-6-10(5-11-8-22-19(21)23-18(11)20)12-7-13(15(24)9-3-4-9)27-16(12)17(14)26-2/h6-9,15,24H,3-5H2,1-2H3,(H4,20,21,22,23). The Bertz CT molecular complexity index is 997. The number of methoxy groups -OCH3 is 2. The van der Waals surface area contributed by atoms with Crippen molar-refractivity contribution in [2.45, 2.75) is 25.4 Å². The number of hydrogen-bond donors (Lipinski definition) is 3. The number of rotatable bonds is 6. The number of benzene rings is 1. The van der Waals surface area contributed by atoms with Gasteiger partial charge in [-0.1, -0.05) is 0 Å². The minimum atomic E-state index is -0.620. The number of ether oxygens (including phenoxy) is 2. The monoisotopic (exact) mass is 370 g/mol. The molecule has 2 heterocycles. The highest BCUT2D eigenvalue weighted by molar-refractivity contribution is 5.90. The number of nitrogens with zero attached hydrogens (tertiary/aromatic N) is 2. The Morgan fingerprint density at radius 1 is 1.22 bits per heavy atom. The van der Waals surface area contributed by atoms with Crippen LogP contribution < -0.4 is 20.9 Å². The normalized spacial score (nSPS) is 15.1. The molecule has 8 heteroatoms. The number of aromatic nitrogens is 2. The Labute approximate surface area is 156 Å². The summed E-state index contributed by atoms with van der Waals surface area (Å²) in [5, 5.41) is 11.3. The first kappa shape index (κ1) is 17.4. The number of aliphatic hydroxyl groups is 1. The fourth-order valence-corrected chi connectivity index (χ4v) is 3.29. The van der Waals surface area contributed by atoms with Gasteiger partial charge in [-0.3, -0.25) is 0 Å². The second kappa shape index (κ2) is 6.62. The number of nitrogen functional groups attached to an aromatic ring is 2. The first-order chi connectivity index (χ1) is 13.0. The smallest absolute Gasteiger partial charge is 0.221 e. The minimum absolute atomic E-state index is 0.131. The van der Waals surface area contributed by atoms with Gasteiger partial charge < -0.3 is 30.5 Å². The number of furan rings is 1. The molecule has 1 aliphatic carbocycles. The summed E-state index contributed by atoms with van der Waals surface area (Å²) in [5.74, 6) is 2.27. The van der Waals surface area contributed by atoms with Crippen LogP contribution in [0.2, 0.25) is 0 Å². The van der Waals surface area contributed by atoms with E-state index in [1.54, 1.807) is 20.4 Å². The van der Waals surface area contributed by atoms with Crippen molar-refractivity contribution < 1.29 is 19.0 Å². The summed E-state index contributed by atoms with van der Waals surface area (Å²) in [6, 6.07) is 3.74. The lowest BCUT2D eigenvalue weighted by Gasteiger charge is -2.12. The summed E-state index contributed by atoms with van der Waals surface area (Å²) in [4.78, 5) is 8.04. The lowest BCUT2D eigenvalue weighted by molar-refractivity contribution is 0.129. The van der Waals surface area contributed by atoms with Crippen molar-refractivity contribution in [3.8, 4) is 11.5 Å². The van der Waals surface area contributed by atoms with Gasteiger partial charge in [0.25, 0.3) is 0 Å². The number of hydrogen-bond acceptors (Lipinski definition) is 8. The van der Waals surface area contributed by atoms with E-state index >= 15 is 0 Å². The predicted molar refractivity (Wildman–Crippen MR) is 101 cm³/mol. The molecule has 2 aromatic heterocycles. The highest BCUT2D eigenvalue weighted by atomic mass is 16.5. The Morgan fingerprint density at radius 2 is 2.00 bits per heavy atom. The third kappa shape index (κ3) is 3.12. The van der Waals surface area contributed by atoms with Gasteiger partial charge in [0.1, 0.15) is 17.7 Å². The molecule has 1 fully saturated rings. The van der Waals surface area contributed by atoms with Crippen LogP contribution in [0.5, 0.6) is 11.5 Å². The zero-order chi connectivity index (χ0) is 19.1. The molecule has 0 saturated heterocycles. The molecular formula is C19H22N4O4. The number of nitrogens with two attached hydrogens (primary N) is 2. The van der Waals surface area contributed by atoms with Crippen LogP contribution in [-0.4, -0.2) is 29.3 Å². The zero-order valence-electron chi connectivity index (χ0n) is 15.2. The van der Waals surface area contributed by atoms with E-state index in [0.717, 1.165) is 29.4 Å². The van der Waals surface area contributed by atoms with Crippen LogP contribution in [0.3, 0.4) is 0 Å². The van der Waals surface area contributed by atoms with Crippen LogP contribution in [0.4, 0.5) is 11.8 Å². The van der Waals surface area contributed by atoms with Crippen molar-refractivity contribution >= 4 is 22.7 Å². The molecule has 27 heavy (non-hydrogen) atoms. The molecule has 8 nitrogen and oxygen atoms in total. The Hall–Kier alpha value is -3.00. The maximum absolute atomic E-state index is 10.5. The molecule has 0 bridgehead atoms. The summed E-state index contributed by atoms with van der Waals surface area (Å²) in [7, 11) is 3.12. The first-order valence-corrected chi connectivity index (χ1v) is 8.74. The van der Waals surface area contributed by atoms with E-state index in [1.807, 2.05) is 12.1 Å². The van der Waals surface area contributed by atoms with E-state index in [-0.39, 0.29) is 11.9 Å². The average Bonchev–Trinajstić information content (AvgIpc) is 3.41. The van der Waals surface area contributed by atoms with Gasteiger partial charge in [0.2, 0.25) is 11.7 Å². The van der Waals surface area contributed by atoms with Crippen LogP contribution in [0.25, 0.3) is 11.0 Å². The molecular weight excluding hydrogens is 348 g/mol. The lowest BCUT2D eigenvalue weighted by atomic mass is 10.0. The van der Waals surface area contributed by atoms with Crippen LogP contribution >= 0.6 is 0 Å². The van der Waals surface area contributed by atoms with Crippen molar-refractivity contribution in [1.82, 2.24) is 9.97 Å². The van der Waals surface area contributed by atoms with Gasteiger partial charge in [-0.15, -0.1) is 0 Å². The van der Waals surface area contributed by atoms with Crippen LogP contribution in [-0.2, 0) is 6.42 Å². The molecule has 1 aliphatic rings. The topological polar surface area (TPSA) is 130 Å². The largest absolute Gasteiger partial charge is 0.493 e. The highest BCUT2D eigenvalue weighted by Crippen LogP contribution is 2.46. The van der Waals surface area contributed by atoms with Gasteiger partial charge in [-0.05, 0) is 36.5 Å². The molecule has 142 valence electrons. The summed E-state index contributed by atoms with van der Waals surface area (Å²) < 4.78 is 17.0. The molecule has 3 aromatic rings. The van der Waals surface area contributed by atoms with E-state index in [4.69, 9.17) is 25.4 Å². The van der Waals surface area contributed by atoms with Gasteiger partial charge in [0.05, 0.1) is 14.2 Å². The molecule has 0 radical (unpaired) electrons. The van der Waals surface area contributed by atoms with E-state index in [0.29, 0.717) is 35.1 Å². The van der Waals surface area contributed by atoms with Gasteiger partial charge in [-0.2, -0.15) is 4.98 Å². The Kier molecular flexibility index (Phi) is 4.27. The lowest BCUT2D eigenvalue weighted by Crippen LogP contribution is -2.04. The predicted octanol–water partition coefficient (Wildman–Crippen LogP) is 2.44. The van der Waals surface area contributed by atoms with Crippen molar-refractivity contribution in [2.75, 3.05) is 25.7 Å². The Balaban J connectivity index is 1.85. The van der Waals surface area contributed by atoms with Crippen molar-refractivity contribution in [1.29, 1.82) is 0 Å². The number of aliphatic hydroxyl groups excluding tert-OH is 1. The fourth-order valence-electron chi connectivity index (χ4n) is 3.29. The second-order valence-corrected chi connectivity index (χ2v) is 6.76. The summed E-state index contributed by atoms with van der Waals surface area (Å²) in [6.45, 7) is 0. The van der Waals surface area contributed by atoms with E-state index in [9.17, 15) is 5.11 Å². The molecule has 0 spiro atoms. The summed E-state index contributed by atoms with van der Waals surface area (Å²) in [5.41, 5.74) is 13.8. The Morgan fingerprint density at radius 3 is 2.63 bits per heavy atom. The second-order valence-electron chi connectivity index (χ2n) is 6.76. The maximum atomic E-state index is 10.5. The van der Waals surface area contributed by atoms with E-state index in [2.05, 4.69) is 9.97 Å². The third-order valence-electron chi connectivity index (χ3n) is 4.91. The molecule has 5 N–H and O–H groups in total. The molecule has 1 aromatic carbocycles. The van der Waals surface area contributed by atoms with Crippen LogP contribution in [0.1, 0.15) is 35.8 Å². The number of fused-ring (bicyclic) bond motifs is 1. The molecule has 1 unspecified atom stereocenters. The zero-order valence-corrected chi connectivity index (χ0v) is 15.2. The van der Waals surface area contributed by atoms with Crippen molar-refractivity contribution in [3.63, 3.8) is 0 Å². The summed E-state index contributed by atoms with van der Waals surface area (Å²) in [6.07, 6.45) is 3.46. The third-order valence-corrected chi connectivity index (χ3v) is 4.91. The van der Waals surface area contributed by atoms with Crippen LogP contribution in [0, 0.1) is 5.92 Å². The fraction of sp³-hybridized carbons (Fsp3) is 0.368. The maximum Gasteiger partial charge on any atom is 0.221 e. The van der Waals surface area contributed by atoms with Gasteiger partial charge in [0.15, 0.2) is 11.3 Å². The average molecular weight is 370 g/mol. The van der Waals surface area contributed by atoms with Gasteiger partial charge >= 0.3 is 0 Å². The van der Waals surface area contributed by atoms with Gasteiger partial charge in [0, 0.05) is 23.6 Å².